The van der Waals surface area contributed by atoms with Crippen molar-refractivity contribution in [3.63, 3.8) is 0 Å². The van der Waals surface area contributed by atoms with Crippen LogP contribution in [0.4, 0.5) is 17.1 Å². The van der Waals surface area contributed by atoms with E-state index in [1.54, 1.807) is 0 Å². The van der Waals surface area contributed by atoms with E-state index in [0.717, 1.165) is 0 Å². The SMILES string of the molecule is [2H]c1c([2H])c([2H])c(N(c2c([2H])c([2H])c(-c3c([2H])c4c([2H])c([2H])c([2H])c([2H])c4c4c([2H])c([2H])c([2H])c([2H])c34)c([2H])c2[2H])c2c([2H])c([2H])c(-c3c([2H])c([2H])c([2H])c(-n4c5c([2H])c([2H])c([2H])c([2H])c5c5c([2H])c([2H])c([2H])c([2H])c54)c3[2H])c3oc4c([2H])c([2H])c([2H])c([2H])c4c23)c([2H])c1[2H]. The van der Waals surface area contributed by atoms with E-state index < -0.39 is 328 Å². The Morgan fingerprint density at radius 3 is 1.78 bits per heavy atom. The van der Waals surface area contributed by atoms with Crippen molar-refractivity contribution < 1.29 is 53.8 Å². The number of fused-ring (bicyclic) bond motifs is 9. The van der Waals surface area contributed by atoms with Crippen LogP contribution in [0.15, 0.2) is 222 Å². The predicted molar refractivity (Wildman–Crippen MR) is 249 cm³/mol. The third-order valence-corrected chi connectivity index (χ3v) is 9.37. The fraction of sp³-hybridized carbons (Fsp3) is 0. The molecule has 3 heteroatoms. The number of hydrogen-bond donors (Lipinski definition) is 0. The molecule has 0 N–H and O–H groups in total. The van der Waals surface area contributed by atoms with E-state index in [-0.39, 0.29) is 0 Å². The molecule has 0 bridgehead atoms. The Labute approximate surface area is 391 Å². The molecule has 12 aromatic rings. The molecular formula is C56H36N2O. The maximum atomic E-state index is 10.2. The van der Waals surface area contributed by atoms with Gasteiger partial charge in [0, 0.05) is 38.8 Å². The van der Waals surface area contributed by atoms with Gasteiger partial charge in [-0.1, -0.05) is 145 Å². The Balaban J connectivity index is 1.30. The second kappa shape index (κ2) is 13.4. The molecular weight excluding hydrogens is 717 g/mol. The first kappa shape index (κ1) is 13.3. The Kier molecular flexibility index (Phi) is 3.02. The molecule has 12 rings (SSSR count). The van der Waals surface area contributed by atoms with E-state index in [1.807, 2.05) is 0 Å². The van der Waals surface area contributed by atoms with Gasteiger partial charge in [-0.2, -0.15) is 0 Å². The molecule has 2 heterocycles. The van der Waals surface area contributed by atoms with E-state index in [4.69, 9.17) is 34.6 Å². The molecule has 0 saturated carbocycles. The molecule has 0 aliphatic rings. The number of hydrogen-bond acceptors (Lipinski definition) is 2. The Hall–Kier alpha value is -7.88. The molecule has 276 valence electrons. The number of anilines is 3. The lowest BCUT2D eigenvalue weighted by atomic mass is 9.93. The topological polar surface area (TPSA) is 21.3 Å². The van der Waals surface area contributed by atoms with Gasteiger partial charge in [0.2, 0.25) is 0 Å². The minimum atomic E-state index is -1.37. The third-order valence-electron chi connectivity index (χ3n) is 9.37. The van der Waals surface area contributed by atoms with Crippen LogP contribution in [0.2, 0.25) is 0 Å². The van der Waals surface area contributed by atoms with E-state index in [9.17, 15) is 19.2 Å². The van der Waals surface area contributed by atoms with Gasteiger partial charge in [0.15, 0.2) is 0 Å². The molecule has 0 amide bonds. The van der Waals surface area contributed by atoms with Crippen LogP contribution in [-0.4, -0.2) is 4.57 Å². The van der Waals surface area contributed by atoms with Crippen LogP contribution in [0.5, 0.6) is 0 Å². The second-order valence-electron chi connectivity index (χ2n) is 12.5. The zero-order chi connectivity index (χ0) is 70.2. The van der Waals surface area contributed by atoms with Gasteiger partial charge in [-0.25, -0.2) is 0 Å². The van der Waals surface area contributed by atoms with Gasteiger partial charge >= 0.3 is 0 Å². The van der Waals surface area contributed by atoms with Gasteiger partial charge in [0.25, 0.3) is 0 Å². The van der Waals surface area contributed by atoms with E-state index in [1.165, 1.54) is 0 Å². The fourth-order valence-corrected chi connectivity index (χ4v) is 6.91. The summed E-state index contributed by atoms with van der Waals surface area (Å²) in [6.07, 6.45) is 0. The summed E-state index contributed by atoms with van der Waals surface area (Å²) in [5, 5.41) is -5.58. The molecule has 0 atom stereocenters. The van der Waals surface area contributed by atoms with E-state index >= 15 is 0 Å². The molecule has 3 nitrogen and oxygen atoms in total. The zero-order valence-electron chi connectivity index (χ0n) is 65.3. The van der Waals surface area contributed by atoms with Crippen molar-refractivity contribution in [3.05, 3.63) is 218 Å². The van der Waals surface area contributed by atoms with Gasteiger partial charge < -0.3 is 13.9 Å². The van der Waals surface area contributed by atoms with Gasteiger partial charge in [0.05, 0.1) is 71.5 Å². The molecule has 0 spiro atoms. The summed E-state index contributed by atoms with van der Waals surface area (Å²) in [6, 6.07) is -38.6. The number of aromatic nitrogens is 1. The summed E-state index contributed by atoms with van der Waals surface area (Å²) in [5.74, 6) is 0. The van der Waals surface area contributed by atoms with Crippen LogP contribution in [0.25, 0.3) is 93.2 Å². The third kappa shape index (κ3) is 5.29. The largest absolute Gasteiger partial charge is 0.455 e. The first-order valence-electron chi connectivity index (χ1n) is 35.2. The Morgan fingerprint density at radius 2 is 1.02 bits per heavy atom. The molecule has 0 saturated heterocycles. The summed E-state index contributed by atoms with van der Waals surface area (Å²) >= 11 is 0. The summed E-state index contributed by atoms with van der Waals surface area (Å²) < 4.78 is 336. The molecule has 10 aromatic carbocycles. The highest BCUT2D eigenvalue weighted by atomic mass is 16.3. The van der Waals surface area contributed by atoms with Gasteiger partial charge in [-0.15, -0.1) is 0 Å². The first-order chi connectivity index (χ1) is 44.3. The lowest BCUT2D eigenvalue weighted by Gasteiger charge is -2.27. The second-order valence-corrected chi connectivity index (χ2v) is 12.5. The highest BCUT2D eigenvalue weighted by Crippen LogP contribution is 2.47. The lowest BCUT2D eigenvalue weighted by molar-refractivity contribution is 0.670. The van der Waals surface area contributed by atoms with Gasteiger partial charge in [-0.3, -0.25) is 0 Å². The lowest BCUT2D eigenvalue weighted by Crippen LogP contribution is -2.10. The molecule has 0 aliphatic carbocycles. The van der Waals surface area contributed by atoms with Crippen molar-refractivity contribution in [1.82, 2.24) is 4.57 Å². The van der Waals surface area contributed by atoms with E-state index in [0.29, 0.717) is 9.47 Å². The highest BCUT2D eigenvalue weighted by Gasteiger charge is 2.23. The van der Waals surface area contributed by atoms with Crippen molar-refractivity contribution >= 4 is 82.4 Å². The molecule has 0 fully saturated rings. The summed E-state index contributed by atoms with van der Waals surface area (Å²) in [5.41, 5.74) is -11.7. The van der Waals surface area contributed by atoms with E-state index in [2.05, 4.69) is 0 Å². The summed E-state index contributed by atoms with van der Waals surface area (Å²) in [6.45, 7) is 0. The van der Waals surface area contributed by atoms with Gasteiger partial charge in [-0.05, 0) is 111 Å². The normalized spacial score (nSPS) is 20.3. The minimum absolute atomic E-state index is 0.339. The maximum absolute atomic E-state index is 10.2. The predicted octanol–water partition coefficient (Wildman–Crippen LogP) is 15.8. The van der Waals surface area contributed by atoms with Crippen molar-refractivity contribution in [2.24, 2.45) is 0 Å². The molecule has 0 unspecified atom stereocenters. The molecule has 0 radical (unpaired) electrons. The maximum Gasteiger partial charge on any atom is 0.145 e. The van der Waals surface area contributed by atoms with Crippen molar-refractivity contribution in [2.45, 2.75) is 0 Å². The number of nitrogens with zero attached hydrogens (tertiary/aromatic N) is 2. The number of benzene rings is 10. The average molecular weight is 789 g/mol. The standard InChI is InChI=1S/C56H36N2O/c1-2-17-40(18-3-1)57(41-31-29-37(30-32-41)50-36-39-15-4-5-20-43(39)45-21-6-7-22-46(45)50)53-34-33-44(56-55(53)49-25-10-13-28-54(49)59-56)38-16-14-19-42(35-38)58-51-26-11-8-23-47(51)48-24-9-12-27-52(48)58/h1-36H/i1D,2D,3D,4D,5D,6D,7D,8D,9D,10D,11D,12D,13D,14D,15D,16D,17D,18D,19D,20D,21D,22D,23D,24D,25D,26D,27D,28D,29D,30D,31D,32D,33D,34D,35D,36D. The zero-order valence-corrected chi connectivity index (χ0v) is 29.3. The van der Waals surface area contributed by atoms with Gasteiger partial charge in [0.1, 0.15) is 11.2 Å². The molecule has 59 heavy (non-hydrogen) atoms. The van der Waals surface area contributed by atoms with Crippen LogP contribution in [0, 0.1) is 0 Å². The van der Waals surface area contributed by atoms with Crippen molar-refractivity contribution in [1.29, 1.82) is 0 Å². The Morgan fingerprint density at radius 1 is 0.407 bits per heavy atom. The number of para-hydroxylation sites is 4. The number of rotatable bonds is 6. The number of furan rings is 1. The molecule has 0 aliphatic heterocycles. The monoisotopic (exact) mass is 789 g/mol. The Bertz CT molecular complexity index is 5560. The van der Waals surface area contributed by atoms with Crippen LogP contribution in [0.1, 0.15) is 49.3 Å². The first-order valence-corrected chi connectivity index (χ1v) is 17.2. The quantitative estimate of drug-likeness (QED) is 0.157. The minimum Gasteiger partial charge on any atom is -0.455 e. The average Bonchev–Trinajstić information content (AvgIpc) is 1.69. The van der Waals surface area contributed by atoms with Crippen LogP contribution >= 0.6 is 0 Å². The van der Waals surface area contributed by atoms with Crippen LogP contribution < -0.4 is 4.90 Å². The highest BCUT2D eigenvalue weighted by molar-refractivity contribution is 6.18. The van der Waals surface area contributed by atoms with Crippen molar-refractivity contribution in [2.75, 3.05) is 4.90 Å². The fourth-order valence-electron chi connectivity index (χ4n) is 6.91. The van der Waals surface area contributed by atoms with Crippen LogP contribution in [0.3, 0.4) is 0 Å². The van der Waals surface area contributed by atoms with Crippen LogP contribution in [-0.2, 0) is 0 Å². The molecule has 2 aromatic heterocycles. The summed E-state index contributed by atoms with van der Waals surface area (Å²) in [4.78, 5) is 0.339. The van der Waals surface area contributed by atoms with Crippen molar-refractivity contribution in [3.8, 4) is 27.9 Å². The smallest absolute Gasteiger partial charge is 0.145 e. The summed E-state index contributed by atoms with van der Waals surface area (Å²) in [7, 11) is 0.